The van der Waals surface area contributed by atoms with Gasteiger partial charge in [-0.2, -0.15) is 0 Å². The van der Waals surface area contributed by atoms with Gasteiger partial charge >= 0.3 is 0 Å². The number of hydrogen-bond acceptors (Lipinski definition) is 3. The number of nitrogens with one attached hydrogen (secondary N) is 1. The molecule has 2 rings (SSSR count). The largest absolute Gasteiger partial charge is 0.494 e. The van der Waals surface area contributed by atoms with Crippen LogP contribution in [0.1, 0.15) is 13.8 Å². The van der Waals surface area contributed by atoms with E-state index in [4.69, 9.17) is 4.74 Å². The summed E-state index contributed by atoms with van der Waals surface area (Å²) in [6.07, 6.45) is 3.52. The Bertz CT molecular complexity index is 551. The number of rotatable bonds is 5. The molecule has 0 unspecified atom stereocenters. The molecule has 0 saturated carbocycles. The molecule has 1 aromatic carbocycles. The fourth-order valence-electron chi connectivity index (χ4n) is 1.77. The first kappa shape index (κ1) is 13.4. The SMILES string of the molecule is COc1cc(F)ccc1-n1ccnc1NCC(C)C. The predicted molar refractivity (Wildman–Crippen MR) is 73.4 cm³/mol. The van der Waals surface area contributed by atoms with Crippen LogP contribution in [0.15, 0.2) is 30.6 Å². The Morgan fingerprint density at radius 1 is 1.42 bits per heavy atom. The fourth-order valence-corrected chi connectivity index (χ4v) is 1.77. The van der Waals surface area contributed by atoms with Crippen LogP contribution in [0.2, 0.25) is 0 Å². The monoisotopic (exact) mass is 263 g/mol. The summed E-state index contributed by atoms with van der Waals surface area (Å²) < 4.78 is 20.3. The van der Waals surface area contributed by atoms with Gasteiger partial charge in [-0.1, -0.05) is 13.8 Å². The number of imidazole rings is 1. The van der Waals surface area contributed by atoms with E-state index in [1.54, 1.807) is 12.3 Å². The van der Waals surface area contributed by atoms with Crippen LogP contribution in [0.3, 0.4) is 0 Å². The maximum Gasteiger partial charge on any atom is 0.207 e. The molecule has 1 aromatic heterocycles. The van der Waals surface area contributed by atoms with Gasteiger partial charge in [-0.25, -0.2) is 9.37 Å². The molecule has 0 aliphatic rings. The van der Waals surface area contributed by atoms with Crippen molar-refractivity contribution in [3.63, 3.8) is 0 Å². The first-order chi connectivity index (χ1) is 9.11. The summed E-state index contributed by atoms with van der Waals surface area (Å²) in [6.45, 7) is 5.07. The van der Waals surface area contributed by atoms with Gasteiger partial charge in [0.2, 0.25) is 5.95 Å². The van der Waals surface area contributed by atoms with Gasteiger partial charge in [-0.15, -0.1) is 0 Å². The number of methoxy groups -OCH3 is 1. The minimum atomic E-state index is -0.322. The van der Waals surface area contributed by atoms with E-state index in [-0.39, 0.29) is 5.82 Å². The lowest BCUT2D eigenvalue weighted by molar-refractivity contribution is 0.409. The Hall–Kier alpha value is -2.04. The average Bonchev–Trinajstić information content (AvgIpc) is 2.84. The van der Waals surface area contributed by atoms with Gasteiger partial charge in [0, 0.05) is 25.0 Å². The van der Waals surface area contributed by atoms with Crippen LogP contribution in [0, 0.1) is 11.7 Å². The summed E-state index contributed by atoms with van der Waals surface area (Å²) in [6, 6.07) is 4.45. The van der Waals surface area contributed by atoms with Gasteiger partial charge in [0.15, 0.2) is 0 Å². The molecule has 0 saturated heterocycles. The normalized spacial score (nSPS) is 10.8. The van der Waals surface area contributed by atoms with Crippen LogP contribution in [-0.2, 0) is 0 Å². The van der Waals surface area contributed by atoms with E-state index in [0.717, 1.165) is 18.2 Å². The van der Waals surface area contributed by atoms with E-state index in [0.29, 0.717) is 11.7 Å². The zero-order chi connectivity index (χ0) is 13.8. The van der Waals surface area contributed by atoms with Crippen molar-refractivity contribution in [1.82, 2.24) is 9.55 Å². The van der Waals surface area contributed by atoms with Gasteiger partial charge in [0.25, 0.3) is 0 Å². The lowest BCUT2D eigenvalue weighted by Gasteiger charge is -2.14. The number of nitrogens with zero attached hydrogens (tertiary/aromatic N) is 2. The Morgan fingerprint density at radius 3 is 2.89 bits per heavy atom. The van der Waals surface area contributed by atoms with Crippen molar-refractivity contribution in [3.8, 4) is 11.4 Å². The predicted octanol–water partition coefficient (Wildman–Crippen LogP) is 3.09. The molecule has 2 aromatic rings. The van der Waals surface area contributed by atoms with Crippen LogP contribution in [0.4, 0.5) is 10.3 Å². The number of halogens is 1. The molecule has 0 aliphatic heterocycles. The standard InChI is InChI=1S/C14H18FN3O/c1-10(2)9-17-14-16-6-7-18(14)12-5-4-11(15)8-13(12)19-3/h4-8,10H,9H2,1-3H3,(H,16,17). The van der Waals surface area contributed by atoms with Crippen LogP contribution < -0.4 is 10.1 Å². The van der Waals surface area contributed by atoms with Crippen molar-refractivity contribution in [1.29, 1.82) is 0 Å². The minimum Gasteiger partial charge on any atom is -0.494 e. The molecule has 0 amide bonds. The summed E-state index contributed by atoms with van der Waals surface area (Å²) in [5, 5.41) is 3.26. The highest BCUT2D eigenvalue weighted by molar-refractivity contribution is 5.51. The molecule has 19 heavy (non-hydrogen) atoms. The molecule has 102 valence electrons. The molecule has 4 nitrogen and oxygen atoms in total. The van der Waals surface area contributed by atoms with Gasteiger partial charge in [0.05, 0.1) is 12.8 Å². The summed E-state index contributed by atoms with van der Waals surface area (Å²) in [4.78, 5) is 4.26. The maximum atomic E-state index is 13.2. The molecule has 0 fully saturated rings. The second kappa shape index (κ2) is 5.73. The number of aromatic nitrogens is 2. The molecule has 0 radical (unpaired) electrons. The van der Waals surface area contributed by atoms with E-state index >= 15 is 0 Å². The molecule has 0 spiro atoms. The summed E-state index contributed by atoms with van der Waals surface area (Å²) in [5.41, 5.74) is 0.757. The first-order valence-electron chi connectivity index (χ1n) is 6.23. The zero-order valence-electron chi connectivity index (χ0n) is 11.4. The zero-order valence-corrected chi connectivity index (χ0v) is 11.4. The summed E-state index contributed by atoms with van der Waals surface area (Å²) in [5.74, 6) is 1.39. The van der Waals surface area contributed by atoms with E-state index < -0.39 is 0 Å². The summed E-state index contributed by atoms with van der Waals surface area (Å²) >= 11 is 0. The third kappa shape index (κ3) is 3.05. The van der Waals surface area contributed by atoms with Crippen molar-refractivity contribution in [2.45, 2.75) is 13.8 Å². The molecule has 1 N–H and O–H groups in total. The van der Waals surface area contributed by atoms with E-state index in [1.807, 2.05) is 10.8 Å². The highest BCUT2D eigenvalue weighted by atomic mass is 19.1. The quantitative estimate of drug-likeness (QED) is 0.901. The third-order valence-corrected chi connectivity index (χ3v) is 2.71. The van der Waals surface area contributed by atoms with Crippen molar-refractivity contribution < 1.29 is 9.13 Å². The molecule has 0 atom stereocenters. The third-order valence-electron chi connectivity index (χ3n) is 2.71. The van der Waals surface area contributed by atoms with Crippen LogP contribution in [-0.4, -0.2) is 23.2 Å². The van der Waals surface area contributed by atoms with E-state index in [2.05, 4.69) is 24.1 Å². The van der Waals surface area contributed by atoms with Crippen molar-refractivity contribution in [3.05, 3.63) is 36.4 Å². The van der Waals surface area contributed by atoms with Crippen LogP contribution in [0.5, 0.6) is 5.75 Å². The fraction of sp³-hybridized carbons (Fsp3) is 0.357. The lowest BCUT2D eigenvalue weighted by atomic mass is 10.2. The van der Waals surface area contributed by atoms with Gasteiger partial charge in [0.1, 0.15) is 11.6 Å². The van der Waals surface area contributed by atoms with Gasteiger partial charge in [-0.05, 0) is 18.1 Å². The molecule has 0 aliphatic carbocycles. The van der Waals surface area contributed by atoms with Crippen molar-refractivity contribution in [2.24, 2.45) is 5.92 Å². The second-order valence-electron chi connectivity index (χ2n) is 4.71. The minimum absolute atomic E-state index is 0.322. The number of anilines is 1. The molecular formula is C14H18FN3O. The molecule has 5 heteroatoms. The summed E-state index contributed by atoms with van der Waals surface area (Å²) in [7, 11) is 1.52. The number of ether oxygens (including phenoxy) is 1. The molecule has 1 heterocycles. The molecular weight excluding hydrogens is 245 g/mol. The van der Waals surface area contributed by atoms with Crippen LogP contribution in [0.25, 0.3) is 5.69 Å². The van der Waals surface area contributed by atoms with E-state index in [9.17, 15) is 4.39 Å². The smallest absolute Gasteiger partial charge is 0.207 e. The average molecular weight is 263 g/mol. The van der Waals surface area contributed by atoms with Crippen molar-refractivity contribution in [2.75, 3.05) is 19.0 Å². The van der Waals surface area contributed by atoms with E-state index in [1.165, 1.54) is 19.2 Å². The van der Waals surface area contributed by atoms with Crippen LogP contribution >= 0.6 is 0 Å². The lowest BCUT2D eigenvalue weighted by Crippen LogP contribution is -2.12. The topological polar surface area (TPSA) is 39.1 Å². The Morgan fingerprint density at radius 2 is 2.21 bits per heavy atom. The highest BCUT2D eigenvalue weighted by Crippen LogP contribution is 2.26. The number of benzene rings is 1. The number of hydrogen-bond donors (Lipinski definition) is 1. The second-order valence-corrected chi connectivity index (χ2v) is 4.71. The maximum absolute atomic E-state index is 13.2. The molecule has 0 bridgehead atoms. The first-order valence-corrected chi connectivity index (χ1v) is 6.23. The Kier molecular flexibility index (Phi) is 4.04. The van der Waals surface area contributed by atoms with Crippen molar-refractivity contribution >= 4 is 5.95 Å². The van der Waals surface area contributed by atoms with Gasteiger partial charge < -0.3 is 10.1 Å². The Labute approximate surface area is 112 Å². The van der Waals surface area contributed by atoms with Gasteiger partial charge in [-0.3, -0.25) is 4.57 Å². The Balaban J connectivity index is 2.34. The highest BCUT2D eigenvalue weighted by Gasteiger charge is 2.11.